The Kier molecular flexibility index (Phi) is 13.3. The molecule has 7 rings (SSSR count). The number of benzene rings is 2. The molecule has 0 radical (unpaired) electrons. The van der Waals surface area contributed by atoms with Crippen LogP contribution in [0.4, 0.5) is 0 Å². The minimum absolute atomic E-state index is 0.0137. The van der Waals surface area contributed by atoms with Crippen LogP contribution in [0.15, 0.2) is 79.0 Å². The molecule has 3 fully saturated rings. The van der Waals surface area contributed by atoms with E-state index in [1.807, 2.05) is 0 Å². The Bertz CT molecular complexity index is 2440. The predicted octanol–water partition coefficient (Wildman–Crippen LogP) is 3.45. The first kappa shape index (κ1) is 48.2. The molecule has 1 saturated heterocycles. The average molecular weight is 930 g/mol. The van der Waals surface area contributed by atoms with Crippen LogP contribution in [0.25, 0.3) is 0 Å². The lowest BCUT2D eigenvalue weighted by molar-refractivity contribution is -0.385. The monoisotopic (exact) mass is 929 g/mol. The molecule has 2 aliphatic heterocycles. The molecule has 0 amide bonds. The molecule has 67 heavy (non-hydrogen) atoms. The number of aliphatic hydroxyl groups is 1. The molecule has 1 spiro atoms. The third-order valence-electron chi connectivity index (χ3n) is 13.0. The smallest absolute Gasteiger partial charge is 0.340 e. The van der Waals surface area contributed by atoms with Gasteiger partial charge in [0.15, 0.2) is 30.0 Å². The largest absolute Gasteiger partial charge is 0.465 e. The predicted molar refractivity (Wildman–Crippen MR) is 225 cm³/mol. The standard InChI is InChI=1S/C48H51NO18/c1-25-20-21-33-32(19-14-22-49-33)44(57)60-23-45(6)34-35(61-27(3)51)39(62-28(4)52)47(24-59-26(2)50)40(63-29(5)53)36(64-42(55)30-15-10-8-11-16-30)38(66-41(25)54)46(7,58)48(47,67-45)37(34)65-43(56)31-17-12-9-13-18-31/h8-19,22,25,34-40,58H,20-21,23-24H2,1-7H3/t25-,34+,35+,36-,37+,38-,39+,40-,45-,46-,47+,48-/m0/s1. The Morgan fingerprint density at radius 2 is 1.28 bits per heavy atom. The number of aromatic nitrogens is 1. The van der Waals surface area contributed by atoms with E-state index in [0.717, 1.165) is 34.6 Å². The third-order valence-corrected chi connectivity index (χ3v) is 13.0. The lowest BCUT2D eigenvalue weighted by Crippen LogP contribution is -2.89. The number of cyclic esters (lactones) is 1. The van der Waals surface area contributed by atoms with Gasteiger partial charge in [-0.05, 0) is 63.1 Å². The van der Waals surface area contributed by atoms with E-state index < -0.39 is 132 Å². The van der Waals surface area contributed by atoms with Gasteiger partial charge in [0.2, 0.25) is 0 Å². The molecule has 1 aromatic heterocycles. The first-order valence-corrected chi connectivity index (χ1v) is 21.6. The van der Waals surface area contributed by atoms with Crippen LogP contribution in [0.1, 0.15) is 91.7 Å². The number of hydrogen-bond acceptors (Lipinski definition) is 19. The number of pyridine rings is 1. The lowest BCUT2D eigenvalue weighted by atomic mass is 9.45. The highest BCUT2D eigenvalue weighted by atomic mass is 16.7. The quantitative estimate of drug-likeness (QED) is 0.238. The highest BCUT2D eigenvalue weighted by Crippen LogP contribution is 2.70. The fourth-order valence-electron chi connectivity index (χ4n) is 10.3. The van der Waals surface area contributed by atoms with Gasteiger partial charge in [0, 0.05) is 33.9 Å². The summed E-state index contributed by atoms with van der Waals surface area (Å²) < 4.78 is 56.4. The van der Waals surface area contributed by atoms with Gasteiger partial charge in [0.05, 0.1) is 34.2 Å². The summed E-state index contributed by atoms with van der Waals surface area (Å²) >= 11 is 0. The highest BCUT2D eigenvalue weighted by molar-refractivity contribution is 5.91. The van der Waals surface area contributed by atoms with Crippen molar-refractivity contribution in [3.63, 3.8) is 0 Å². The molecule has 1 N–H and O–H groups in total. The van der Waals surface area contributed by atoms with Crippen LogP contribution in [0, 0.1) is 17.3 Å². The van der Waals surface area contributed by atoms with Crippen molar-refractivity contribution in [1.82, 2.24) is 4.98 Å². The van der Waals surface area contributed by atoms with E-state index in [1.54, 1.807) is 24.3 Å². The summed E-state index contributed by atoms with van der Waals surface area (Å²) in [6.45, 7) is 6.13. The summed E-state index contributed by atoms with van der Waals surface area (Å²) in [5.41, 5.74) is -10.4. The van der Waals surface area contributed by atoms with Crippen molar-refractivity contribution in [3.8, 4) is 0 Å². The molecule has 4 aliphatic rings. The van der Waals surface area contributed by atoms with Gasteiger partial charge in [-0.15, -0.1) is 0 Å². The van der Waals surface area contributed by atoms with Gasteiger partial charge >= 0.3 is 47.8 Å². The van der Waals surface area contributed by atoms with Crippen molar-refractivity contribution in [2.45, 2.75) is 115 Å². The zero-order valence-corrected chi connectivity index (χ0v) is 37.8. The number of nitrogens with zero attached hydrogens (tertiary/aromatic N) is 1. The summed E-state index contributed by atoms with van der Waals surface area (Å²) in [5.74, 6) is -10.9. The van der Waals surface area contributed by atoms with Gasteiger partial charge in [-0.3, -0.25) is 29.0 Å². The molecule has 2 aliphatic carbocycles. The number of esters is 8. The van der Waals surface area contributed by atoms with Gasteiger partial charge in [-0.1, -0.05) is 43.3 Å². The van der Waals surface area contributed by atoms with Gasteiger partial charge in [0.1, 0.15) is 42.0 Å². The highest BCUT2D eigenvalue weighted by Gasteiger charge is 2.92. The van der Waals surface area contributed by atoms with E-state index in [9.17, 15) is 43.5 Å². The minimum atomic E-state index is -2.91. The number of ether oxygens (including phenoxy) is 9. The van der Waals surface area contributed by atoms with Gasteiger partial charge in [-0.2, -0.15) is 0 Å². The molecular weight excluding hydrogens is 879 g/mol. The maximum atomic E-state index is 14.6. The lowest BCUT2D eigenvalue weighted by Gasteiger charge is -2.67. The summed E-state index contributed by atoms with van der Waals surface area (Å²) in [6.07, 6.45) is -10.9. The van der Waals surface area contributed by atoms with Gasteiger partial charge in [0.25, 0.3) is 0 Å². The van der Waals surface area contributed by atoms with Crippen LogP contribution in [-0.2, 0) is 73.0 Å². The molecule has 356 valence electrons. The van der Waals surface area contributed by atoms with Gasteiger partial charge < -0.3 is 47.7 Å². The molecule has 12 atom stereocenters. The Hall–Kier alpha value is -6.73. The number of carbonyl (C=O) groups is 8. The van der Waals surface area contributed by atoms with Crippen LogP contribution in [0.3, 0.4) is 0 Å². The molecule has 0 unspecified atom stereocenters. The van der Waals surface area contributed by atoms with Crippen molar-refractivity contribution in [2.75, 3.05) is 13.2 Å². The van der Waals surface area contributed by atoms with E-state index >= 15 is 0 Å². The molecule has 4 bridgehead atoms. The van der Waals surface area contributed by atoms with E-state index in [-0.39, 0.29) is 35.2 Å². The molecule has 2 aromatic carbocycles. The van der Waals surface area contributed by atoms with E-state index in [2.05, 4.69) is 4.98 Å². The molecule has 2 saturated carbocycles. The zero-order chi connectivity index (χ0) is 48.6. The maximum Gasteiger partial charge on any atom is 0.340 e. The van der Waals surface area contributed by atoms with Crippen molar-refractivity contribution in [3.05, 3.63) is 101 Å². The van der Waals surface area contributed by atoms with Crippen LogP contribution < -0.4 is 0 Å². The number of fused-ring (bicyclic) bond motifs is 5. The van der Waals surface area contributed by atoms with E-state index in [0.29, 0.717) is 0 Å². The second kappa shape index (κ2) is 18.5. The minimum Gasteiger partial charge on any atom is -0.465 e. The second-order valence-electron chi connectivity index (χ2n) is 17.6. The summed E-state index contributed by atoms with van der Waals surface area (Å²) in [6, 6.07) is 18.0. The van der Waals surface area contributed by atoms with Crippen LogP contribution in [0.2, 0.25) is 0 Å². The van der Waals surface area contributed by atoms with E-state index in [4.69, 9.17) is 42.6 Å². The molecule has 19 heteroatoms. The molecule has 19 nitrogen and oxygen atoms in total. The first-order valence-electron chi connectivity index (χ1n) is 21.6. The number of carbonyl (C=O) groups excluding carboxylic acids is 8. The zero-order valence-electron chi connectivity index (χ0n) is 37.8. The molecule has 3 heterocycles. The second-order valence-corrected chi connectivity index (χ2v) is 17.6. The topological polar surface area (TPSA) is 253 Å². The van der Waals surface area contributed by atoms with Crippen LogP contribution >= 0.6 is 0 Å². The van der Waals surface area contributed by atoms with Crippen molar-refractivity contribution in [2.24, 2.45) is 17.3 Å². The fraction of sp³-hybridized carbons (Fsp3) is 0.479. The number of rotatable bonds is 9. The number of aryl methyl sites for hydroxylation is 1. The Morgan fingerprint density at radius 3 is 1.85 bits per heavy atom. The Morgan fingerprint density at radius 1 is 0.716 bits per heavy atom. The van der Waals surface area contributed by atoms with Crippen molar-refractivity contribution < 1.29 is 86.1 Å². The fourth-order valence-corrected chi connectivity index (χ4v) is 10.3. The third kappa shape index (κ3) is 8.50. The van der Waals surface area contributed by atoms with Crippen molar-refractivity contribution >= 4 is 47.8 Å². The summed E-state index contributed by atoms with van der Waals surface area (Å²) in [5, 5.41) is 13.9. The molecule has 3 aromatic rings. The number of hydrogen-bond donors (Lipinski definition) is 1. The van der Waals surface area contributed by atoms with E-state index in [1.165, 1.54) is 68.6 Å². The summed E-state index contributed by atoms with van der Waals surface area (Å²) in [7, 11) is 0. The van der Waals surface area contributed by atoms with Gasteiger partial charge in [-0.25, -0.2) is 14.4 Å². The Labute approximate surface area is 384 Å². The first-order chi connectivity index (χ1) is 31.7. The molecular formula is C48H51NO18. The van der Waals surface area contributed by atoms with Crippen LogP contribution in [0.5, 0.6) is 0 Å². The average Bonchev–Trinajstić information content (AvgIpc) is 3.51. The van der Waals surface area contributed by atoms with Crippen molar-refractivity contribution in [1.29, 1.82) is 0 Å². The normalized spacial score (nSPS) is 33.2. The maximum absolute atomic E-state index is 14.6. The Balaban J connectivity index is 1.63. The van der Waals surface area contributed by atoms with Crippen LogP contribution in [-0.4, -0.2) is 124 Å². The summed E-state index contributed by atoms with van der Waals surface area (Å²) in [4.78, 5) is 116. The SMILES string of the molecule is CC(=O)OC[C@]12[C@H](OC(C)=O)[C@H](OC(C)=O)[C@@H]3[C@@H](OC(=O)c4ccccc4)[C@@]14O[C@@]3(C)COC(=O)c1cccnc1CC[C@H](C)C(=O)O[C@@H]([C@H](OC(=O)c1ccccc1)[C@@H]2OC(C)=O)[C@]4(C)O.